The first-order valence-electron chi connectivity index (χ1n) is 6.04. The average Bonchev–Trinajstić information content (AvgIpc) is 2.35. The molecule has 5 nitrogen and oxygen atoms in total. The molecule has 0 aromatic heterocycles. The highest BCUT2D eigenvalue weighted by atomic mass is 16.5. The van der Waals surface area contributed by atoms with Gasteiger partial charge < -0.3 is 14.9 Å². The van der Waals surface area contributed by atoms with Crippen LogP contribution in [0.2, 0.25) is 0 Å². The molecule has 0 aliphatic rings. The molecule has 2 atom stereocenters. The van der Waals surface area contributed by atoms with Crippen LogP contribution in [0.1, 0.15) is 39.0 Å². The molecule has 0 aromatic rings. The van der Waals surface area contributed by atoms with Crippen LogP contribution in [0.15, 0.2) is 0 Å². The Morgan fingerprint density at radius 1 is 1.35 bits per heavy atom. The van der Waals surface area contributed by atoms with E-state index in [-0.39, 0.29) is 12.4 Å². The van der Waals surface area contributed by atoms with Crippen molar-refractivity contribution in [3.63, 3.8) is 0 Å². The Bertz CT molecular complexity index is 217. The molecule has 2 unspecified atom stereocenters. The molecule has 0 saturated heterocycles. The van der Waals surface area contributed by atoms with Crippen molar-refractivity contribution in [3.8, 4) is 0 Å². The number of aliphatic hydroxyl groups excluding tert-OH is 2. The molecule has 0 fully saturated rings. The lowest BCUT2D eigenvalue weighted by molar-refractivity contribution is -0.139. The van der Waals surface area contributed by atoms with E-state index in [2.05, 4.69) is 6.92 Å². The molecule has 0 aliphatic heterocycles. The van der Waals surface area contributed by atoms with Gasteiger partial charge in [-0.1, -0.05) is 26.2 Å². The highest BCUT2D eigenvalue weighted by molar-refractivity contribution is 5.96. The van der Waals surface area contributed by atoms with E-state index in [1.165, 1.54) is 0 Å². The quantitative estimate of drug-likeness (QED) is 0.314. The zero-order chi connectivity index (χ0) is 13.1. The third kappa shape index (κ3) is 8.01. The van der Waals surface area contributed by atoms with Crippen LogP contribution in [-0.2, 0) is 14.3 Å². The Hall–Kier alpha value is -0.780. The van der Waals surface area contributed by atoms with Crippen LogP contribution in [0, 0.1) is 0 Å². The summed E-state index contributed by atoms with van der Waals surface area (Å²) >= 11 is 0. The second-order valence-electron chi connectivity index (χ2n) is 4.00. The van der Waals surface area contributed by atoms with E-state index < -0.39 is 18.8 Å². The van der Waals surface area contributed by atoms with Crippen molar-refractivity contribution in [2.24, 2.45) is 0 Å². The third-order valence-electron chi connectivity index (χ3n) is 2.40. The molecule has 0 saturated carbocycles. The Balaban J connectivity index is 3.83. The van der Waals surface area contributed by atoms with E-state index in [0.717, 1.165) is 25.7 Å². The Morgan fingerprint density at radius 2 is 2.06 bits per heavy atom. The third-order valence-corrected chi connectivity index (χ3v) is 2.40. The number of Topliss-reactive ketones (excluding diaryl/α,β-unsaturated/α-hetero) is 1. The highest BCUT2D eigenvalue weighted by Crippen LogP contribution is 2.06. The number of aldehydes is 1. The van der Waals surface area contributed by atoms with Crippen molar-refractivity contribution < 1.29 is 24.5 Å². The lowest BCUT2D eigenvalue weighted by Crippen LogP contribution is -2.30. The normalized spacial score (nSPS) is 14.3. The number of hydrogen-bond donors (Lipinski definition) is 2. The summed E-state index contributed by atoms with van der Waals surface area (Å²) in [5.41, 5.74) is 0. The second kappa shape index (κ2) is 10.4. The molecule has 2 N–H and O–H groups in total. The van der Waals surface area contributed by atoms with Crippen LogP contribution in [-0.4, -0.2) is 47.7 Å². The van der Waals surface area contributed by atoms with Crippen molar-refractivity contribution in [2.45, 2.75) is 51.2 Å². The first-order valence-corrected chi connectivity index (χ1v) is 6.04. The molecule has 0 heterocycles. The molecule has 0 radical (unpaired) electrons. The molecule has 0 aliphatic carbocycles. The van der Waals surface area contributed by atoms with E-state index in [1.807, 2.05) is 0 Å². The molecular weight excluding hydrogens is 224 g/mol. The topological polar surface area (TPSA) is 83.8 Å². The van der Waals surface area contributed by atoms with Gasteiger partial charge in [0.05, 0.1) is 13.2 Å². The van der Waals surface area contributed by atoms with Crippen molar-refractivity contribution in [1.29, 1.82) is 0 Å². The molecular formula is C12H22O5. The predicted molar refractivity (Wildman–Crippen MR) is 62.7 cm³/mol. The fourth-order valence-corrected chi connectivity index (χ4v) is 1.34. The first-order chi connectivity index (χ1) is 8.15. The Labute approximate surface area is 102 Å². The Kier molecular flexibility index (Phi) is 9.90. The summed E-state index contributed by atoms with van der Waals surface area (Å²) in [4.78, 5) is 22.2. The smallest absolute Gasteiger partial charge is 0.171 e. The molecule has 100 valence electrons. The molecule has 5 heteroatoms. The maximum Gasteiger partial charge on any atom is 0.171 e. The van der Waals surface area contributed by atoms with Gasteiger partial charge in [0.1, 0.15) is 6.10 Å². The maximum atomic E-state index is 11.5. The van der Waals surface area contributed by atoms with Gasteiger partial charge in [-0.05, 0) is 6.42 Å². The fourth-order valence-electron chi connectivity index (χ4n) is 1.34. The average molecular weight is 246 g/mol. The summed E-state index contributed by atoms with van der Waals surface area (Å²) in [5, 5.41) is 17.6. The van der Waals surface area contributed by atoms with Gasteiger partial charge in [0, 0.05) is 6.42 Å². The molecule has 17 heavy (non-hydrogen) atoms. The second-order valence-corrected chi connectivity index (χ2v) is 4.00. The van der Waals surface area contributed by atoms with Crippen LogP contribution in [0.25, 0.3) is 0 Å². The van der Waals surface area contributed by atoms with Crippen LogP contribution < -0.4 is 0 Å². The van der Waals surface area contributed by atoms with E-state index in [9.17, 15) is 9.59 Å². The van der Waals surface area contributed by atoms with Crippen molar-refractivity contribution in [2.75, 3.05) is 13.2 Å². The molecule has 0 rings (SSSR count). The monoisotopic (exact) mass is 246 g/mol. The standard InChI is InChI=1S/C12H22O5/c1-2-3-4-5-6-11(16)12(8-14)17-9-10(15)7-13/h8,10,12-13,15H,2-7,9H2,1H3. The molecule has 0 spiro atoms. The minimum absolute atomic E-state index is 0.208. The van der Waals surface area contributed by atoms with Crippen LogP contribution in [0.3, 0.4) is 0 Å². The SMILES string of the molecule is CCCCCCC(=O)C(C=O)OCC(O)CO. The fraction of sp³-hybridized carbons (Fsp3) is 0.833. The first kappa shape index (κ1) is 16.2. The van der Waals surface area contributed by atoms with Crippen molar-refractivity contribution >= 4 is 12.1 Å². The van der Waals surface area contributed by atoms with E-state index in [4.69, 9.17) is 14.9 Å². The van der Waals surface area contributed by atoms with Crippen molar-refractivity contribution in [3.05, 3.63) is 0 Å². The molecule has 0 bridgehead atoms. The van der Waals surface area contributed by atoms with E-state index >= 15 is 0 Å². The van der Waals surface area contributed by atoms with Crippen molar-refractivity contribution in [1.82, 2.24) is 0 Å². The molecule has 0 amide bonds. The van der Waals surface area contributed by atoms with E-state index in [1.54, 1.807) is 0 Å². The number of carbonyl (C=O) groups is 2. The number of aliphatic hydroxyl groups is 2. The lowest BCUT2D eigenvalue weighted by Gasteiger charge is -2.13. The number of unbranched alkanes of at least 4 members (excludes halogenated alkanes) is 3. The zero-order valence-corrected chi connectivity index (χ0v) is 10.3. The van der Waals surface area contributed by atoms with Gasteiger partial charge in [-0.2, -0.15) is 0 Å². The van der Waals surface area contributed by atoms with Gasteiger partial charge in [0.15, 0.2) is 18.2 Å². The van der Waals surface area contributed by atoms with Gasteiger partial charge in [0.25, 0.3) is 0 Å². The number of ether oxygens (including phenoxy) is 1. The summed E-state index contributed by atoms with van der Waals surface area (Å²) in [6.07, 6.45) is 2.47. The number of hydrogen-bond acceptors (Lipinski definition) is 5. The Morgan fingerprint density at radius 3 is 2.59 bits per heavy atom. The van der Waals surface area contributed by atoms with Gasteiger partial charge in [0.2, 0.25) is 0 Å². The summed E-state index contributed by atoms with van der Waals surface area (Å²) in [5.74, 6) is -0.263. The lowest BCUT2D eigenvalue weighted by atomic mass is 10.1. The maximum absolute atomic E-state index is 11.5. The highest BCUT2D eigenvalue weighted by Gasteiger charge is 2.18. The van der Waals surface area contributed by atoms with Gasteiger partial charge in [-0.3, -0.25) is 9.59 Å². The summed E-state index contributed by atoms with van der Waals surface area (Å²) in [6, 6.07) is 0. The summed E-state index contributed by atoms with van der Waals surface area (Å²) in [7, 11) is 0. The van der Waals surface area contributed by atoms with Gasteiger partial charge in [-0.15, -0.1) is 0 Å². The minimum atomic E-state index is -1.11. The molecule has 0 aromatic carbocycles. The van der Waals surface area contributed by atoms with Crippen LogP contribution in [0.4, 0.5) is 0 Å². The number of rotatable bonds is 11. The number of ketones is 1. The van der Waals surface area contributed by atoms with Gasteiger partial charge in [-0.25, -0.2) is 0 Å². The largest absolute Gasteiger partial charge is 0.394 e. The number of carbonyl (C=O) groups excluding carboxylic acids is 2. The summed E-state index contributed by atoms with van der Waals surface area (Å²) in [6.45, 7) is 1.42. The van der Waals surface area contributed by atoms with Crippen LogP contribution >= 0.6 is 0 Å². The summed E-state index contributed by atoms with van der Waals surface area (Å²) < 4.78 is 4.94. The zero-order valence-electron chi connectivity index (χ0n) is 10.3. The minimum Gasteiger partial charge on any atom is -0.394 e. The van der Waals surface area contributed by atoms with Crippen LogP contribution in [0.5, 0.6) is 0 Å². The van der Waals surface area contributed by atoms with Gasteiger partial charge >= 0.3 is 0 Å². The van der Waals surface area contributed by atoms with E-state index in [0.29, 0.717) is 12.7 Å². The predicted octanol–water partition coefficient (Wildman–Crippen LogP) is 0.463.